The highest BCUT2D eigenvalue weighted by Crippen LogP contribution is 2.23. The minimum Gasteiger partial charge on any atom is -0.489 e. The van der Waals surface area contributed by atoms with Crippen LogP contribution in [0.15, 0.2) is 24.3 Å². The van der Waals surface area contributed by atoms with E-state index in [0.29, 0.717) is 6.10 Å². The van der Waals surface area contributed by atoms with Gasteiger partial charge in [0, 0.05) is 11.5 Å². The number of hydrogen-bond donors (Lipinski definition) is 0. The molecular weight excluding hydrogens is 168 g/mol. The zero-order valence-electron chi connectivity index (χ0n) is 6.69. The summed E-state index contributed by atoms with van der Waals surface area (Å²) in [7, 11) is 0. The van der Waals surface area contributed by atoms with Gasteiger partial charge in [0.15, 0.2) is 0 Å². The smallest absolute Gasteiger partial charge is 0.119 e. The summed E-state index contributed by atoms with van der Waals surface area (Å²) in [5, 5.41) is 0. The summed E-state index contributed by atoms with van der Waals surface area (Å²) < 4.78 is 5.63. The molecule has 1 aromatic carbocycles. The van der Waals surface area contributed by atoms with Gasteiger partial charge in [0.2, 0.25) is 0 Å². The van der Waals surface area contributed by atoms with E-state index in [1.54, 1.807) is 0 Å². The van der Waals surface area contributed by atoms with Crippen LogP contribution in [0.4, 0.5) is 0 Å². The Morgan fingerprint density at radius 1 is 1.25 bits per heavy atom. The number of ether oxygens (including phenoxy) is 1. The molecule has 0 aromatic heterocycles. The molecule has 62 valence electrons. The Morgan fingerprint density at radius 2 is 1.92 bits per heavy atom. The molecule has 2 rings (SSSR count). The van der Waals surface area contributed by atoms with Gasteiger partial charge in [0.05, 0.1) is 0 Å². The average molecular weight is 178 g/mol. The largest absolute Gasteiger partial charge is 0.489 e. The Labute approximate surface area is 77.1 Å². The third-order valence-corrected chi connectivity index (χ3v) is 3.01. The van der Waals surface area contributed by atoms with Gasteiger partial charge in [-0.05, 0) is 24.6 Å². The lowest BCUT2D eigenvalue weighted by molar-refractivity contribution is 0.240. The lowest BCUT2D eigenvalue weighted by atomic mass is 10.2. The molecule has 0 saturated carbocycles. The Balaban J connectivity index is 1.98. The van der Waals surface area contributed by atoms with Crippen LogP contribution in [0.5, 0.6) is 5.75 Å². The SMILES string of the molecule is [CH]c1ccc(OC2CSC2)cc1. The highest BCUT2D eigenvalue weighted by Gasteiger charge is 2.19. The average Bonchev–Trinajstić information content (AvgIpc) is 2.00. The number of thioether (sulfide) groups is 1. The van der Waals surface area contributed by atoms with Crippen LogP contribution in [0.25, 0.3) is 0 Å². The van der Waals surface area contributed by atoms with Gasteiger partial charge in [-0.2, -0.15) is 11.8 Å². The summed E-state index contributed by atoms with van der Waals surface area (Å²) in [6, 6.07) is 7.55. The molecule has 2 heteroatoms. The summed E-state index contributed by atoms with van der Waals surface area (Å²) in [5.41, 5.74) is 0.783. The quantitative estimate of drug-likeness (QED) is 0.687. The van der Waals surface area contributed by atoms with Crippen molar-refractivity contribution in [2.24, 2.45) is 0 Å². The van der Waals surface area contributed by atoms with Crippen molar-refractivity contribution < 1.29 is 4.74 Å². The van der Waals surface area contributed by atoms with Crippen LogP contribution in [0.3, 0.4) is 0 Å². The van der Waals surface area contributed by atoms with Gasteiger partial charge < -0.3 is 4.74 Å². The van der Waals surface area contributed by atoms with Crippen LogP contribution >= 0.6 is 11.8 Å². The van der Waals surface area contributed by atoms with Gasteiger partial charge in [-0.25, -0.2) is 0 Å². The first-order valence-corrected chi connectivity index (χ1v) is 5.10. The molecule has 0 spiro atoms. The second-order valence-electron chi connectivity index (χ2n) is 2.85. The van der Waals surface area contributed by atoms with Crippen molar-refractivity contribution in [1.82, 2.24) is 0 Å². The summed E-state index contributed by atoms with van der Waals surface area (Å²) in [6.45, 7) is 5.54. The van der Waals surface area contributed by atoms with Gasteiger partial charge >= 0.3 is 0 Å². The molecule has 0 bridgehead atoms. The standard InChI is InChI=1S/C10H10OS/c1-8-2-4-9(5-3-8)11-10-6-12-7-10/h1-5,10H,6-7H2. The maximum absolute atomic E-state index is 5.63. The lowest BCUT2D eigenvalue weighted by Gasteiger charge is -2.25. The lowest BCUT2D eigenvalue weighted by Crippen LogP contribution is -2.30. The number of rotatable bonds is 2. The fourth-order valence-corrected chi connectivity index (χ4v) is 1.59. The van der Waals surface area contributed by atoms with E-state index in [1.807, 2.05) is 36.0 Å². The summed E-state index contributed by atoms with van der Waals surface area (Å²) in [5.74, 6) is 3.16. The van der Waals surface area contributed by atoms with Crippen LogP contribution in [0, 0.1) is 6.92 Å². The topological polar surface area (TPSA) is 9.23 Å². The second kappa shape index (κ2) is 3.40. The predicted octanol–water partition coefficient (Wildman–Crippen LogP) is 2.24. The van der Waals surface area contributed by atoms with Crippen LogP contribution in [-0.4, -0.2) is 17.6 Å². The molecule has 1 fully saturated rings. The van der Waals surface area contributed by atoms with Crippen LogP contribution < -0.4 is 4.74 Å². The molecule has 0 atom stereocenters. The molecule has 1 nitrogen and oxygen atoms in total. The van der Waals surface area contributed by atoms with Crippen molar-refractivity contribution in [2.75, 3.05) is 11.5 Å². The van der Waals surface area contributed by atoms with E-state index >= 15 is 0 Å². The summed E-state index contributed by atoms with van der Waals surface area (Å²) in [4.78, 5) is 0. The fourth-order valence-electron chi connectivity index (χ4n) is 1.02. The van der Waals surface area contributed by atoms with Gasteiger partial charge in [0.1, 0.15) is 11.9 Å². The highest BCUT2D eigenvalue weighted by molar-refractivity contribution is 8.00. The van der Waals surface area contributed by atoms with Gasteiger partial charge in [-0.15, -0.1) is 0 Å². The van der Waals surface area contributed by atoms with Crippen molar-refractivity contribution in [1.29, 1.82) is 0 Å². The molecule has 1 aliphatic rings. The van der Waals surface area contributed by atoms with Crippen molar-refractivity contribution in [3.63, 3.8) is 0 Å². The zero-order valence-corrected chi connectivity index (χ0v) is 7.51. The fraction of sp³-hybridized carbons (Fsp3) is 0.300. The van der Waals surface area contributed by atoms with E-state index in [4.69, 9.17) is 11.7 Å². The monoisotopic (exact) mass is 178 g/mol. The maximum Gasteiger partial charge on any atom is 0.119 e. The predicted molar refractivity (Wildman–Crippen MR) is 51.6 cm³/mol. The van der Waals surface area contributed by atoms with Gasteiger partial charge in [0.25, 0.3) is 0 Å². The van der Waals surface area contributed by atoms with Crippen molar-refractivity contribution >= 4 is 11.8 Å². The van der Waals surface area contributed by atoms with E-state index in [9.17, 15) is 0 Å². The van der Waals surface area contributed by atoms with Gasteiger partial charge in [-0.1, -0.05) is 12.1 Å². The van der Waals surface area contributed by atoms with Crippen molar-refractivity contribution in [2.45, 2.75) is 6.10 Å². The minimum absolute atomic E-state index is 0.415. The third-order valence-electron chi connectivity index (χ3n) is 1.79. The molecule has 12 heavy (non-hydrogen) atoms. The normalized spacial score (nSPS) is 17.1. The Hall–Kier alpha value is -0.630. The molecule has 0 unspecified atom stereocenters. The van der Waals surface area contributed by atoms with Crippen LogP contribution in [-0.2, 0) is 0 Å². The van der Waals surface area contributed by atoms with Crippen molar-refractivity contribution in [3.05, 3.63) is 36.8 Å². The van der Waals surface area contributed by atoms with E-state index in [-0.39, 0.29) is 0 Å². The molecule has 0 amide bonds. The van der Waals surface area contributed by atoms with E-state index in [0.717, 1.165) is 22.8 Å². The highest BCUT2D eigenvalue weighted by atomic mass is 32.2. The number of benzene rings is 1. The molecule has 0 aliphatic carbocycles. The first-order valence-electron chi connectivity index (χ1n) is 3.94. The molecule has 1 saturated heterocycles. The minimum atomic E-state index is 0.415. The first-order chi connectivity index (χ1) is 5.84. The summed E-state index contributed by atoms with van der Waals surface area (Å²) >= 11 is 1.92. The third kappa shape index (κ3) is 1.75. The van der Waals surface area contributed by atoms with E-state index < -0.39 is 0 Å². The Morgan fingerprint density at radius 3 is 2.42 bits per heavy atom. The second-order valence-corrected chi connectivity index (χ2v) is 3.92. The van der Waals surface area contributed by atoms with E-state index in [1.165, 1.54) is 0 Å². The zero-order chi connectivity index (χ0) is 8.39. The molecule has 0 N–H and O–H groups in total. The molecule has 1 aromatic rings. The van der Waals surface area contributed by atoms with Crippen molar-refractivity contribution in [3.8, 4) is 5.75 Å². The molecule has 2 radical (unpaired) electrons. The van der Waals surface area contributed by atoms with E-state index in [2.05, 4.69) is 0 Å². The maximum atomic E-state index is 5.63. The molecular formula is C10H10OS. The van der Waals surface area contributed by atoms with Gasteiger partial charge in [-0.3, -0.25) is 0 Å². The molecule has 1 aliphatic heterocycles. The van der Waals surface area contributed by atoms with Crippen LogP contribution in [0.1, 0.15) is 5.56 Å². The summed E-state index contributed by atoms with van der Waals surface area (Å²) in [6.07, 6.45) is 0.415. The Kier molecular flexibility index (Phi) is 2.26. The Bertz CT molecular complexity index is 251. The first kappa shape index (κ1) is 7.99. The van der Waals surface area contributed by atoms with Crippen LogP contribution in [0.2, 0.25) is 0 Å². The number of hydrogen-bond acceptors (Lipinski definition) is 2. The molecule has 1 heterocycles.